The number of nitrogens with one attached hydrogen (secondary N) is 1. The lowest BCUT2D eigenvalue weighted by atomic mass is 10.1. The van der Waals surface area contributed by atoms with Gasteiger partial charge in [0, 0.05) is 13.6 Å². The van der Waals surface area contributed by atoms with E-state index in [4.69, 9.17) is 4.74 Å². The predicted molar refractivity (Wildman–Crippen MR) is 106 cm³/mol. The van der Waals surface area contributed by atoms with Crippen molar-refractivity contribution in [2.24, 2.45) is 0 Å². The van der Waals surface area contributed by atoms with Gasteiger partial charge in [-0.3, -0.25) is 4.79 Å². The van der Waals surface area contributed by atoms with Crippen LogP contribution in [0.2, 0.25) is 0 Å². The Morgan fingerprint density at radius 1 is 1.18 bits per heavy atom. The van der Waals surface area contributed by atoms with Crippen molar-refractivity contribution in [1.82, 2.24) is 20.1 Å². The van der Waals surface area contributed by atoms with E-state index in [0.717, 1.165) is 30.2 Å². The Morgan fingerprint density at radius 3 is 2.82 bits per heavy atom. The average Bonchev–Trinajstić information content (AvgIpc) is 3.18. The third-order valence-corrected chi connectivity index (χ3v) is 4.88. The summed E-state index contributed by atoms with van der Waals surface area (Å²) < 4.78 is 7.84. The normalized spacial score (nSPS) is 15.6. The molecule has 3 aromatic rings. The molecule has 1 amide bonds. The van der Waals surface area contributed by atoms with Crippen LogP contribution in [0.5, 0.6) is 5.75 Å². The molecule has 0 saturated heterocycles. The number of rotatable bonds is 6. The molecule has 2 heterocycles. The second kappa shape index (κ2) is 8.12. The van der Waals surface area contributed by atoms with Crippen LogP contribution in [-0.2, 0) is 24.3 Å². The van der Waals surface area contributed by atoms with Gasteiger partial charge in [-0.15, -0.1) is 10.2 Å². The summed E-state index contributed by atoms with van der Waals surface area (Å²) >= 11 is 0. The number of benzene rings is 2. The number of hydrogen-bond donors (Lipinski definition) is 1. The van der Waals surface area contributed by atoms with Gasteiger partial charge in [-0.1, -0.05) is 42.5 Å². The van der Waals surface area contributed by atoms with Crippen LogP contribution in [0.1, 0.15) is 11.4 Å². The van der Waals surface area contributed by atoms with E-state index < -0.39 is 6.10 Å². The summed E-state index contributed by atoms with van der Waals surface area (Å²) in [5.74, 6) is 1.30. The molecular formula is C21H23N5O2. The number of amides is 1. The molecule has 1 atom stereocenters. The Balaban J connectivity index is 1.34. The summed E-state index contributed by atoms with van der Waals surface area (Å²) in [5, 5.41) is 11.1. The number of anilines is 1. The monoisotopic (exact) mass is 377 g/mol. The summed E-state index contributed by atoms with van der Waals surface area (Å²) in [4.78, 5) is 14.7. The van der Waals surface area contributed by atoms with Crippen molar-refractivity contribution in [3.63, 3.8) is 0 Å². The van der Waals surface area contributed by atoms with Gasteiger partial charge in [-0.25, -0.2) is 0 Å². The Hall–Kier alpha value is -3.35. The zero-order valence-electron chi connectivity index (χ0n) is 15.8. The first-order valence-electron chi connectivity index (χ1n) is 9.36. The van der Waals surface area contributed by atoms with E-state index in [2.05, 4.69) is 27.6 Å². The maximum Gasteiger partial charge on any atom is 0.263 e. The van der Waals surface area contributed by atoms with Gasteiger partial charge in [0.05, 0.1) is 18.8 Å². The molecular weight excluding hydrogens is 354 g/mol. The minimum Gasteiger partial charge on any atom is -0.477 e. The average molecular weight is 377 g/mol. The van der Waals surface area contributed by atoms with Crippen LogP contribution in [0, 0.1) is 0 Å². The number of hydrogen-bond acceptors (Lipinski definition) is 5. The molecule has 0 radical (unpaired) electrons. The van der Waals surface area contributed by atoms with Crippen LogP contribution in [-0.4, -0.2) is 40.4 Å². The molecule has 2 aromatic carbocycles. The van der Waals surface area contributed by atoms with Crippen molar-refractivity contribution in [1.29, 1.82) is 0 Å². The van der Waals surface area contributed by atoms with E-state index in [1.165, 1.54) is 5.56 Å². The van der Waals surface area contributed by atoms with Crippen LogP contribution in [0.4, 0.5) is 5.69 Å². The molecule has 0 saturated carbocycles. The molecule has 0 aliphatic carbocycles. The van der Waals surface area contributed by atoms with E-state index in [9.17, 15) is 4.79 Å². The molecule has 7 nitrogen and oxygen atoms in total. The summed E-state index contributed by atoms with van der Waals surface area (Å²) in [6.07, 6.45) is 2.03. The van der Waals surface area contributed by atoms with E-state index in [1.54, 1.807) is 6.33 Å². The van der Waals surface area contributed by atoms with Crippen molar-refractivity contribution in [2.45, 2.75) is 25.6 Å². The third-order valence-electron chi connectivity index (χ3n) is 4.88. The number of likely N-dealkylation sites (N-methyl/N-ethyl adjacent to an activating group) is 1. The predicted octanol–water partition coefficient (Wildman–Crippen LogP) is 2.03. The highest BCUT2D eigenvalue weighted by atomic mass is 16.5. The minimum atomic E-state index is -0.555. The fourth-order valence-electron chi connectivity index (χ4n) is 3.32. The maximum atomic E-state index is 12.6. The van der Waals surface area contributed by atoms with Gasteiger partial charge in [-0.05, 0) is 24.1 Å². The molecule has 1 N–H and O–H groups in total. The van der Waals surface area contributed by atoms with Crippen LogP contribution in [0.15, 0.2) is 60.9 Å². The Morgan fingerprint density at radius 2 is 1.96 bits per heavy atom. The smallest absolute Gasteiger partial charge is 0.263 e. The fraction of sp³-hybridized carbons (Fsp3) is 0.286. The first-order chi connectivity index (χ1) is 13.7. The molecule has 1 aliphatic rings. The number of carbonyl (C=O) groups excluding carboxylic acids is 1. The number of ether oxygens (including phenoxy) is 1. The number of fused-ring (bicyclic) bond motifs is 1. The van der Waals surface area contributed by atoms with Gasteiger partial charge in [0.25, 0.3) is 5.91 Å². The van der Waals surface area contributed by atoms with Gasteiger partial charge in [0.1, 0.15) is 12.1 Å². The fourth-order valence-corrected chi connectivity index (χ4v) is 3.32. The Bertz CT molecular complexity index is 941. The Labute approximate surface area is 164 Å². The standard InChI is InChI=1S/C21H23N5O2/c1-25-14-19(28-18-10-6-5-9-17(18)25)21(27)22-13-20-24-23-15-26(20)12-11-16-7-3-2-4-8-16/h2-10,15,19H,11-14H2,1H3,(H,22,27). The van der Waals surface area contributed by atoms with Crippen molar-refractivity contribution >= 4 is 11.6 Å². The molecule has 144 valence electrons. The summed E-state index contributed by atoms with van der Waals surface area (Å²) in [7, 11) is 1.96. The van der Waals surface area contributed by atoms with Gasteiger partial charge >= 0.3 is 0 Å². The van der Waals surface area contributed by atoms with Crippen molar-refractivity contribution < 1.29 is 9.53 Å². The molecule has 28 heavy (non-hydrogen) atoms. The Kier molecular flexibility index (Phi) is 5.23. The molecule has 4 rings (SSSR count). The molecule has 0 spiro atoms. The van der Waals surface area contributed by atoms with E-state index in [0.29, 0.717) is 13.1 Å². The van der Waals surface area contributed by atoms with E-state index >= 15 is 0 Å². The van der Waals surface area contributed by atoms with Gasteiger partial charge in [0.15, 0.2) is 11.9 Å². The third kappa shape index (κ3) is 3.98. The number of nitrogens with zero attached hydrogens (tertiary/aromatic N) is 4. The van der Waals surface area contributed by atoms with E-state index in [1.807, 2.05) is 59.0 Å². The van der Waals surface area contributed by atoms with Crippen LogP contribution >= 0.6 is 0 Å². The van der Waals surface area contributed by atoms with Gasteiger partial charge < -0.3 is 19.5 Å². The number of aryl methyl sites for hydroxylation is 2. The number of carbonyl (C=O) groups is 1. The maximum absolute atomic E-state index is 12.6. The molecule has 1 aliphatic heterocycles. The molecule has 0 fully saturated rings. The van der Waals surface area contributed by atoms with Gasteiger partial charge in [0.2, 0.25) is 0 Å². The van der Waals surface area contributed by atoms with Crippen molar-refractivity contribution in [3.05, 3.63) is 72.3 Å². The first kappa shape index (κ1) is 18.0. The second-order valence-electron chi connectivity index (χ2n) is 6.85. The summed E-state index contributed by atoms with van der Waals surface area (Å²) in [5.41, 5.74) is 2.25. The second-order valence-corrected chi connectivity index (χ2v) is 6.85. The van der Waals surface area contributed by atoms with Crippen LogP contribution in [0.25, 0.3) is 0 Å². The van der Waals surface area contributed by atoms with Crippen LogP contribution in [0.3, 0.4) is 0 Å². The topological polar surface area (TPSA) is 72.3 Å². The number of para-hydroxylation sites is 2. The quantitative estimate of drug-likeness (QED) is 0.712. The molecule has 1 aromatic heterocycles. The van der Waals surface area contributed by atoms with E-state index in [-0.39, 0.29) is 5.91 Å². The molecule has 0 bridgehead atoms. The van der Waals surface area contributed by atoms with Crippen LogP contribution < -0.4 is 15.0 Å². The summed E-state index contributed by atoms with van der Waals surface area (Å²) in [6, 6.07) is 18.0. The SMILES string of the molecule is CN1CC(C(=O)NCc2nncn2CCc2ccccc2)Oc2ccccc21. The lowest BCUT2D eigenvalue weighted by molar-refractivity contribution is -0.128. The van der Waals surface area contributed by atoms with Gasteiger partial charge in [-0.2, -0.15) is 0 Å². The first-order valence-corrected chi connectivity index (χ1v) is 9.36. The van der Waals surface area contributed by atoms with Crippen molar-refractivity contribution in [2.75, 3.05) is 18.5 Å². The zero-order chi connectivity index (χ0) is 19.3. The van der Waals surface area contributed by atoms with Crippen molar-refractivity contribution in [3.8, 4) is 5.75 Å². The molecule has 1 unspecified atom stereocenters. The lowest BCUT2D eigenvalue weighted by Gasteiger charge is -2.32. The summed E-state index contributed by atoms with van der Waals surface area (Å²) in [6.45, 7) is 1.58. The largest absolute Gasteiger partial charge is 0.477 e. The lowest BCUT2D eigenvalue weighted by Crippen LogP contribution is -2.47. The molecule has 7 heteroatoms. The minimum absolute atomic E-state index is 0.154. The number of aromatic nitrogens is 3. The highest BCUT2D eigenvalue weighted by molar-refractivity contribution is 5.83. The highest BCUT2D eigenvalue weighted by Crippen LogP contribution is 2.31. The zero-order valence-corrected chi connectivity index (χ0v) is 15.8. The highest BCUT2D eigenvalue weighted by Gasteiger charge is 2.28.